The van der Waals surface area contributed by atoms with E-state index in [9.17, 15) is 9.59 Å². The maximum absolute atomic E-state index is 11.9. The Morgan fingerprint density at radius 3 is 2.48 bits per heavy atom. The highest BCUT2D eigenvalue weighted by Crippen LogP contribution is 2.36. The van der Waals surface area contributed by atoms with Crippen LogP contribution in [0, 0.1) is 0 Å². The molecule has 0 atom stereocenters. The minimum absolute atomic E-state index is 0.199. The summed E-state index contributed by atoms with van der Waals surface area (Å²) in [6.07, 6.45) is -0.755. The summed E-state index contributed by atoms with van der Waals surface area (Å²) in [5, 5.41) is 0.234. The van der Waals surface area contributed by atoms with E-state index in [0.29, 0.717) is 18.1 Å². The average molecular weight is 317 g/mol. The van der Waals surface area contributed by atoms with E-state index in [1.807, 2.05) is 0 Å². The Bertz CT molecular complexity index is 522. The van der Waals surface area contributed by atoms with Crippen LogP contribution in [0.2, 0.25) is 5.02 Å². The largest absolute Gasteiger partial charge is 0.493 e. The molecule has 0 aromatic heterocycles. The molecule has 0 saturated carbocycles. The first-order valence-corrected chi connectivity index (χ1v) is 6.64. The molecule has 2 amide bonds. The number of benzene rings is 1. The van der Waals surface area contributed by atoms with Crippen molar-refractivity contribution in [2.24, 2.45) is 0 Å². The second-order valence-electron chi connectivity index (χ2n) is 3.72. The van der Waals surface area contributed by atoms with Crippen LogP contribution in [-0.2, 0) is 4.74 Å². The van der Waals surface area contributed by atoms with Gasteiger partial charge in [0.1, 0.15) is 0 Å². The van der Waals surface area contributed by atoms with Gasteiger partial charge in [0.15, 0.2) is 11.5 Å². The van der Waals surface area contributed by atoms with Gasteiger partial charge >= 0.3 is 6.09 Å². The monoisotopic (exact) mass is 316 g/mol. The Labute approximate surface area is 127 Å². The van der Waals surface area contributed by atoms with Crippen molar-refractivity contribution in [3.05, 3.63) is 22.7 Å². The lowest BCUT2D eigenvalue weighted by Crippen LogP contribution is -2.41. The lowest BCUT2D eigenvalue weighted by molar-refractivity contribution is 0.0912. The first kappa shape index (κ1) is 16.9. The van der Waals surface area contributed by atoms with E-state index in [-0.39, 0.29) is 17.2 Å². The number of halogens is 1. The Kier molecular flexibility index (Phi) is 6.61. The fourth-order valence-corrected chi connectivity index (χ4v) is 1.75. The first-order valence-electron chi connectivity index (χ1n) is 6.26. The molecule has 1 aromatic carbocycles. The molecule has 0 unspecified atom stereocenters. The number of hydrogen-bond donors (Lipinski definition) is 2. The van der Waals surface area contributed by atoms with Gasteiger partial charge in [0.05, 0.1) is 25.3 Å². The van der Waals surface area contributed by atoms with E-state index < -0.39 is 12.0 Å². The van der Waals surface area contributed by atoms with E-state index in [0.717, 1.165) is 0 Å². The standard InChI is InChI=1S/C13H17ClN2O5/c1-4-20-11-9(14)6-8(7-10(11)19-3)12(17)15-16-13(18)21-5-2/h6-7H,4-5H2,1-3H3,(H,15,17)(H,16,18). The highest BCUT2D eigenvalue weighted by molar-refractivity contribution is 6.32. The Morgan fingerprint density at radius 2 is 1.90 bits per heavy atom. The predicted octanol–water partition coefficient (Wildman–Crippen LogP) is 2.14. The second-order valence-corrected chi connectivity index (χ2v) is 4.13. The Morgan fingerprint density at radius 1 is 1.19 bits per heavy atom. The average Bonchev–Trinajstić information content (AvgIpc) is 2.47. The predicted molar refractivity (Wildman–Crippen MR) is 76.8 cm³/mol. The highest BCUT2D eigenvalue weighted by atomic mass is 35.5. The van der Waals surface area contributed by atoms with E-state index in [1.54, 1.807) is 13.8 Å². The quantitative estimate of drug-likeness (QED) is 0.813. The van der Waals surface area contributed by atoms with Gasteiger partial charge in [-0.15, -0.1) is 0 Å². The minimum Gasteiger partial charge on any atom is -0.493 e. The van der Waals surface area contributed by atoms with Gasteiger partial charge in [-0.1, -0.05) is 11.6 Å². The molecule has 0 radical (unpaired) electrons. The first-order chi connectivity index (χ1) is 10.0. The van der Waals surface area contributed by atoms with Crippen LogP contribution < -0.4 is 20.3 Å². The molecule has 0 aliphatic heterocycles. The fraction of sp³-hybridized carbons (Fsp3) is 0.385. The zero-order valence-corrected chi connectivity index (χ0v) is 12.7. The third-order valence-electron chi connectivity index (χ3n) is 2.33. The van der Waals surface area contributed by atoms with Gasteiger partial charge in [-0.25, -0.2) is 10.2 Å². The van der Waals surface area contributed by atoms with Crippen LogP contribution in [0.25, 0.3) is 0 Å². The second kappa shape index (κ2) is 8.21. The normalized spacial score (nSPS) is 9.71. The van der Waals surface area contributed by atoms with Crippen LogP contribution in [-0.4, -0.2) is 32.3 Å². The summed E-state index contributed by atoms with van der Waals surface area (Å²) in [5.41, 5.74) is 4.50. The third kappa shape index (κ3) is 4.71. The van der Waals surface area contributed by atoms with Crippen LogP contribution in [0.15, 0.2) is 12.1 Å². The molecule has 0 saturated heterocycles. The number of hydrogen-bond acceptors (Lipinski definition) is 5. The van der Waals surface area contributed by atoms with Crippen molar-refractivity contribution in [1.82, 2.24) is 10.9 Å². The van der Waals surface area contributed by atoms with Crippen molar-refractivity contribution in [2.75, 3.05) is 20.3 Å². The fourth-order valence-electron chi connectivity index (χ4n) is 1.48. The van der Waals surface area contributed by atoms with Crippen molar-refractivity contribution in [3.8, 4) is 11.5 Å². The van der Waals surface area contributed by atoms with Crippen molar-refractivity contribution < 1.29 is 23.8 Å². The Hall–Kier alpha value is -2.15. The zero-order valence-electron chi connectivity index (χ0n) is 12.0. The van der Waals surface area contributed by atoms with Gasteiger partial charge < -0.3 is 14.2 Å². The number of nitrogens with one attached hydrogen (secondary N) is 2. The lowest BCUT2D eigenvalue weighted by Gasteiger charge is -2.13. The SMILES string of the molecule is CCOC(=O)NNC(=O)c1cc(Cl)c(OCC)c(OC)c1. The number of carbonyl (C=O) groups excluding carboxylic acids is 2. The molecule has 0 aliphatic carbocycles. The van der Waals surface area contributed by atoms with Crippen molar-refractivity contribution in [3.63, 3.8) is 0 Å². The zero-order chi connectivity index (χ0) is 15.8. The number of rotatable bonds is 5. The van der Waals surface area contributed by atoms with Gasteiger partial charge in [0.25, 0.3) is 5.91 Å². The summed E-state index contributed by atoms with van der Waals surface area (Å²) < 4.78 is 15.1. The molecular weight excluding hydrogens is 300 g/mol. The minimum atomic E-state index is -0.755. The van der Waals surface area contributed by atoms with Crippen LogP contribution in [0.4, 0.5) is 4.79 Å². The highest BCUT2D eigenvalue weighted by Gasteiger charge is 2.16. The molecule has 0 fully saturated rings. The lowest BCUT2D eigenvalue weighted by atomic mass is 10.2. The number of ether oxygens (including phenoxy) is 3. The molecule has 7 nitrogen and oxygen atoms in total. The van der Waals surface area contributed by atoms with E-state index in [2.05, 4.69) is 15.6 Å². The van der Waals surface area contributed by atoms with Crippen molar-refractivity contribution >= 4 is 23.6 Å². The molecule has 1 aromatic rings. The maximum Gasteiger partial charge on any atom is 0.426 e. The Balaban J connectivity index is 2.85. The number of hydrazine groups is 1. The van der Waals surface area contributed by atoms with Gasteiger partial charge in [-0.2, -0.15) is 0 Å². The van der Waals surface area contributed by atoms with E-state index in [1.165, 1.54) is 19.2 Å². The molecule has 0 heterocycles. The van der Waals surface area contributed by atoms with Gasteiger partial charge in [-0.05, 0) is 26.0 Å². The summed E-state index contributed by atoms with van der Waals surface area (Å²) in [6, 6.07) is 2.87. The summed E-state index contributed by atoms with van der Waals surface area (Å²) >= 11 is 6.05. The third-order valence-corrected chi connectivity index (χ3v) is 2.61. The molecule has 116 valence electrons. The molecule has 8 heteroatoms. The van der Waals surface area contributed by atoms with Gasteiger partial charge in [0, 0.05) is 5.56 Å². The van der Waals surface area contributed by atoms with Crippen LogP contribution >= 0.6 is 11.6 Å². The number of carbonyl (C=O) groups is 2. The van der Waals surface area contributed by atoms with Crippen LogP contribution in [0.1, 0.15) is 24.2 Å². The molecule has 0 aliphatic rings. The van der Waals surface area contributed by atoms with Crippen molar-refractivity contribution in [1.29, 1.82) is 0 Å². The topological polar surface area (TPSA) is 85.9 Å². The molecule has 1 rings (SSSR count). The smallest absolute Gasteiger partial charge is 0.426 e. The van der Waals surface area contributed by atoms with Gasteiger partial charge in [-0.3, -0.25) is 10.2 Å². The van der Waals surface area contributed by atoms with Crippen LogP contribution in [0.5, 0.6) is 11.5 Å². The van der Waals surface area contributed by atoms with Crippen LogP contribution in [0.3, 0.4) is 0 Å². The molecule has 2 N–H and O–H groups in total. The summed E-state index contributed by atoms with van der Waals surface area (Å²) in [5.74, 6) is 0.119. The summed E-state index contributed by atoms with van der Waals surface area (Å²) in [6.45, 7) is 4.06. The summed E-state index contributed by atoms with van der Waals surface area (Å²) in [7, 11) is 1.44. The summed E-state index contributed by atoms with van der Waals surface area (Å²) in [4.78, 5) is 23.0. The molecule has 21 heavy (non-hydrogen) atoms. The molecular formula is C13H17ClN2O5. The maximum atomic E-state index is 11.9. The van der Waals surface area contributed by atoms with Gasteiger partial charge in [0.2, 0.25) is 0 Å². The molecule has 0 spiro atoms. The van der Waals surface area contributed by atoms with Crippen molar-refractivity contribution in [2.45, 2.75) is 13.8 Å². The number of amides is 2. The van der Waals surface area contributed by atoms with E-state index in [4.69, 9.17) is 21.1 Å². The number of methoxy groups -OCH3 is 1. The molecule has 0 bridgehead atoms. The van der Waals surface area contributed by atoms with E-state index >= 15 is 0 Å².